The Labute approximate surface area is 109 Å². The molecule has 1 heterocycles. The first-order chi connectivity index (χ1) is 8.72. The molecule has 0 fully saturated rings. The van der Waals surface area contributed by atoms with E-state index < -0.39 is 18.1 Å². The van der Waals surface area contributed by atoms with Crippen LogP contribution in [0.3, 0.4) is 0 Å². The summed E-state index contributed by atoms with van der Waals surface area (Å²) >= 11 is 0.559. The molecule has 0 aliphatic heterocycles. The van der Waals surface area contributed by atoms with Gasteiger partial charge in [0.1, 0.15) is 15.9 Å². The highest BCUT2D eigenvalue weighted by molar-refractivity contribution is 7.18. The van der Waals surface area contributed by atoms with E-state index in [0.717, 1.165) is 7.11 Å². The quantitative estimate of drug-likeness (QED) is 0.848. The van der Waals surface area contributed by atoms with E-state index >= 15 is 0 Å². The third kappa shape index (κ3) is 3.03. The molecule has 0 aromatic carbocycles. The number of thiophene rings is 1. The van der Waals surface area contributed by atoms with Crippen molar-refractivity contribution in [2.24, 2.45) is 0 Å². The Balaban J connectivity index is 3.20. The number of hydrogen-bond acceptors (Lipinski definition) is 5. The second kappa shape index (κ2) is 5.27. The average Bonchev–Trinajstić information content (AvgIpc) is 2.63. The van der Waals surface area contributed by atoms with E-state index in [-0.39, 0.29) is 21.0 Å². The highest BCUT2D eigenvalue weighted by Crippen LogP contribution is 2.33. The lowest BCUT2D eigenvalue weighted by atomic mass is 10.2. The minimum Gasteiger partial charge on any atom is -0.465 e. The monoisotopic (exact) mass is 292 g/mol. The van der Waals surface area contributed by atoms with Gasteiger partial charge < -0.3 is 10.1 Å². The van der Waals surface area contributed by atoms with Gasteiger partial charge in [0.15, 0.2) is 0 Å². The van der Waals surface area contributed by atoms with Crippen molar-refractivity contribution >= 4 is 28.2 Å². The van der Waals surface area contributed by atoms with Crippen LogP contribution in [0.25, 0.3) is 0 Å². The van der Waals surface area contributed by atoms with Crippen LogP contribution >= 0.6 is 11.3 Å². The molecule has 1 aromatic rings. The van der Waals surface area contributed by atoms with Crippen LogP contribution in [-0.4, -0.2) is 25.2 Å². The molecule has 1 rings (SSSR count). The summed E-state index contributed by atoms with van der Waals surface area (Å²) in [5.74, 6) is -2.99. The van der Waals surface area contributed by atoms with Gasteiger partial charge in [0, 0.05) is 0 Å². The number of nitrogens with one attached hydrogen (secondary N) is 1. The van der Waals surface area contributed by atoms with E-state index in [2.05, 4.69) is 4.74 Å². The number of esters is 1. The molecule has 0 aliphatic carbocycles. The summed E-state index contributed by atoms with van der Waals surface area (Å²) in [6.45, 7) is 1.38. The molecule has 19 heavy (non-hydrogen) atoms. The van der Waals surface area contributed by atoms with Crippen LogP contribution in [0.5, 0.6) is 0 Å². The van der Waals surface area contributed by atoms with Crippen molar-refractivity contribution in [1.82, 2.24) is 0 Å². The van der Waals surface area contributed by atoms with Gasteiger partial charge in [-0.1, -0.05) is 0 Å². The number of ether oxygens (including phenoxy) is 1. The van der Waals surface area contributed by atoms with Gasteiger partial charge in [0.2, 0.25) is 0 Å². The van der Waals surface area contributed by atoms with Crippen molar-refractivity contribution in [2.75, 3.05) is 12.4 Å². The average molecular weight is 292 g/mol. The van der Waals surface area contributed by atoms with E-state index in [4.69, 9.17) is 5.26 Å². The van der Waals surface area contributed by atoms with Gasteiger partial charge in [-0.15, -0.1) is 11.3 Å². The van der Waals surface area contributed by atoms with Crippen LogP contribution in [-0.2, 0) is 9.53 Å². The van der Waals surface area contributed by atoms with Crippen LogP contribution in [0, 0.1) is 18.3 Å². The van der Waals surface area contributed by atoms with E-state index in [1.165, 1.54) is 6.92 Å². The third-order valence-electron chi connectivity index (χ3n) is 2.11. The SMILES string of the molecule is COC(=O)c1sc(NC(=O)C(F)(F)F)c(C#N)c1C. The number of halogens is 3. The normalized spacial score (nSPS) is 10.7. The zero-order valence-corrected chi connectivity index (χ0v) is 10.5. The van der Waals surface area contributed by atoms with Gasteiger partial charge in [-0.05, 0) is 12.5 Å². The van der Waals surface area contributed by atoms with Gasteiger partial charge in [-0.25, -0.2) is 4.79 Å². The topological polar surface area (TPSA) is 79.2 Å². The Kier molecular flexibility index (Phi) is 4.16. The number of hydrogen-bond donors (Lipinski definition) is 1. The number of anilines is 1. The number of carbonyl (C=O) groups excluding carboxylic acids is 2. The molecular weight excluding hydrogens is 285 g/mol. The Morgan fingerprint density at radius 1 is 1.42 bits per heavy atom. The number of amides is 1. The first kappa shape index (κ1) is 15.0. The summed E-state index contributed by atoms with van der Waals surface area (Å²) < 4.78 is 40.8. The Bertz CT molecular complexity index is 572. The lowest BCUT2D eigenvalue weighted by molar-refractivity contribution is -0.167. The fraction of sp³-hybridized carbons (Fsp3) is 0.300. The molecule has 0 atom stereocenters. The van der Waals surface area contributed by atoms with Crippen molar-refractivity contribution in [3.8, 4) is 6.07 Å². The summed E-state index contributed by atoms with van der Waals surface area (Å²) in [6, 6.07) is 1.64. The molecule has 1 N–H and O–H groups in total. The largest absolute Gasteiger partial charge is 0.471 e. The van der Waals surface area contributed by atoms with E-state index in [1.54, 1.807) is 11.4 Å². The number of methoxy groups -OCH3 is 1. The molecule has 9 heteroatoms. The maximum absolute atomic E-state index is 12.1. The molecule has 5 nitrogen and oxygen atoms in total. The number of rotatable bonds is 2. The number of nitrogens with zero attached hydrogens (tertiary/aromatic N) is 1. The van der Waals surface area contributed by atoms with E-state index in [0.29, 0.717) is 11.3 Å². The zero-order chi connectivity index (χ0) is 14.8. The maximum atomic E-state index is 12.1. The summed E-state index contributed by atoms with van der Waals surface area (Å²) in [5, 5.41) is 10.1. The molecular formula is C10H7F3N2O3S. The lowest BCUT2D eigenvalue weighted by Gasteiger charge is -2.05. The molecule has 0 aliphatic rings. The number of carbonyl (C=O) groups is 2. The summed E-state index contributed by atoms with van der Waals surface area (Å²) in [4.78, 5) is 22.1. The van der Waals surface area contributed by atoms with Crippen LogP contribution in [0.15, 0.2) is 0 Å². The molecule has 0 radical (unpaired) electrons. The van der Waals surface area contributed by atoms with Crippen molar-refractivity contribution in [2.45, 2.75) is 13.1 Å². The molecule has 0 unspecified atom stereocenters. The minimum absolute atomic E-state index is 0.0310. The van der Waals surface area contributed by atoms with Crippen molar-refractivity contribution in [1.29, 1.82) is 5.26 Å². The van der Waals surface area contributed by atoms with Crippen LogP contribution in [0.2, 0.25) is 0 Å². The zero-order valence-electron chi connectivity index (χ0n) is 9.71. The maximum Gasteiger partial charge on any atom is 0.471 e. The molecule has 0 saturated heterocycles. The highest BCUT2D eigenvalue weighted by atomic mass is 32.1. The fourth-order valence-electron chi connectivity index (χ4n) is 1.20. The van der Waals surface area contributed by atoms with Crippen LogP contribution < -0.4 is 5.32 Å². The van der Waals surface area contributed by atoms with Gasteiger partial charge >= 0.3 is 18.1 Å². The molecule has 102 valence electrons. The molecule has 1 amide bonds. The number of nitriles is 1. The summed E-state index contributed by atoms with van der Waals surface area (Å²) in [6.07, 6.45) is -5.07. The number of alkyl halides is 3. The summed E-state index contributed by atoms with van der Waals surface area (Å²) in [7, 11) is 1.10. The van der Waals surface area contributed by atoms with Crippen molar-refractivity contribution in [3.05, 3.63) is 16.0 Å². The first-order valence-electron chi connectivity index (χ1n) is 4.72. The molecule has 0 bridgehead atoms. The molecule has 0 spiro atoms. The Hall–Kier alpha value is -2.08. The van der Waals surface area contributed by atoms with E-state index in [9.17, 15) is 22.8 Å². The summed E-state index contributed by atoms with van der Waals surface area (Å²) in [5.41, 5.74) is -0.0279. The first-order valence-corrected chi connectivity index (χ1v) is 5.54. The van der Waals surface area contributed by atoms with Crippen molar-refractivity contribution in [3.63, 3.8) is 0 Å². The predicted octanol–water partition coefficient (Wildman–Crippen LogP) is 2.22. The predicted molar refractivity (Wildman–Crippen MR) is 59.8 cm³/mol. The van der Waals surface area contributed by atoms with Crippen molar-refractivity contribution < 1.29 is 27.5 Å². The lowest BCUT2D eigenvalue weighted by Crippen LogP contribution is -2.29. The standard InChI is InChI=1S/C10H7F3N2O3S/c1-4-5(3-14)7(15-9(17)10(11,12)13)19-6(4)8(16)18-2/h1-2H3,(H,15,17). The minimum atomic E-state index is -5.07. The van der Waals surface area contributed by atoms with E-state index in [1.807, 2.05) is 0 Å². The van der Waals surface area contributed by atoms with Gasteiger partial charge in [-0.3, -0.25) is 4.79 Å². The van der Waals surface area contributed by atoms with Gasteiger partial charge in [0.05, 0.1) is 12.7 Å². The second-order valence-electron chi connectivity index (χ2n) is 3.32. The van der Waals surface area contributed by atoms with Gasteiger partial charge in [0.25, 0.3) is 0 Å². The van der Waals surface area contributed by atoms with Crippen LogP contribution in [0.4, 0.5) is 18.2 Å². The van der Waals surface area contributed by atoms with Crippen LogP contribution in [0.1, 0.15) is 20.8 Å². The third-order valence-corrected chi connectivity index (χ3v) is 3.30. The Morgan fingerprint density at radius 2 is 2.00 bits per heavy atom. The Morgan fingerprint density at radius 3 is 2.42 bits per heavy atom. The smallest absolute Gasteiger partial charge is 0.465 e. The van der Waals surface area contributed by atoms with Gasteiger partial charge in [-0.2, -0.15) is 18.4 Å². The fourth-order valence-corrected chi connectivity index (χ4v) is 2.27. The highest BCUT2D eigenvalue weighted by Gasteiger charge is 2.39. The second-order valence-corrected chi connectivity index (χ2v) is 4.34. The molecule has 0 saturated carbocycles. The molecule has 1 aromatic heterocycles.